The maximum absolute atomic E-state index is 10.7. The zero-order chi connectivity index (χ0) is 56.2. The summed E-state index contributed by atoms with van der Waals surface area (Å²) in [5.41, 5.74) is 17.5. The molecule has 0 unspecified atom stereocenters. The zero-order valence-electron chi connectivity index (χ0n) is 44.5. The van der Waals surface area contributed by atoms with Crippen LogP contribution in [0.2, 0.25) is 0 Å². The van der Waals surface area contributed by atoms with Gasteiger partial charge in [-0.25, -0.2) is 24.5 Å². The van der Waals surface area contributed by atoms with Gasteiger partial charge in [-0.3, -0.25) is 0 Å². The van der Waals surface area contributed by atoms with Gasteiger partial charge in [0.1, 0.15) is 0 Å². The van der Waals surface area contributed by atoms with Gasteiger partial charge in [0.25, 0.3) is 0 Å². The van der Waals surface area contributed by atoms with Crippen LogP contribution in [0, 0.1) is 31.0 Å². The summed E-state index contributed by atoms with van der Waals surface area (Å²) in [6, 6.07) is 93.7. The number of nitriles is 1. The van der Waals surface area contributed by atoms with Crippen LogP contribution in [0.5, 0.6) is 0 Å². The maximum atomic E-state index is 10.7. The molecule has 13 aromatic rings. The molecule has 386 valence electrons. The van der Waals surface area contributed by atoms with Crippen molar-refractivity contribution in [1.29, 1.82) is 5.26 Å². The summed E-state index contributed by atoms with van der Waals surface area (Å²) in [6.45, 7) is 23.6. The number of rotatable bonds is 12. The minimum Gasteiger partial charge on any atom is -0.310 e. The van der Waals surface area contributed by atoms with Crippen LogP contribution in [0.1, 0.15) is 5.56 Å². The van der Waals surface area contributed by atoms with Crippen molar-refractivity contribution >= 4 is 73.0 Å². The molecule has 0 aliphatic rings. The molecule has 13 rings (SSSR count). The van der Waals surface area contributed by atoms with Crippen LogP contribution in [-0.2, 0) is 0 Å². The third kappa shape index (κ3) is 9.73. The Labute approximate surface area is 480 Å². The highest BCUT2D eigenvalue weighted by Crippen LogP contribution is 2.44. The summed E-state index contributed by atoms with van der Waals surface area (Å²) in [6.07, 6.45) is 0. The lowest BCUT2D eigenvalue weighted by Gasteiger charge is -2.26. The van der Waals surface area contributed by atoms with Crippen molar-refractivity contribution in [1.82, 2.24) is 14.5 Å². The van der Waals surface area contributed by atoms with Gasteiger partial charge in [-0.1, -0.05) is 146 Å². The summed E-state index contributed by atoms with van der Waals surface area (Å²) in [4.78, 5) is 25.7. The second-order valence-corrected chi connectivity index (χ2v) is 19.8. The highest BCUT2D eigenvalue weighted by molar-refractivity contribution is 6.12. The monoisotopic (exact) mass is 1060 g/mol. The fourth-order valence-electron chi connectivity index (χ4n) is 10.9. The molecule has 83 heavy (non-hydrogen) atoms. The Kier molecular flexibility index (Phi) is 13.3. The quantitative estimate of drug-likeness (QED) is 0.114. The van der Waals surface area contributed by atoms with Gasteiger partial charge in [0.15, 0.2) is 22.9 Å². The Balaban J connectivity index is 0.882. The first-order valence-electron chi connectivity index (χ1n) is 26.9. The van der Waals surface area contributed by atoms with Gasteiger partial charge in [-0.05, 0) is 155 Å². The first-order valence-corrected chi connectivity index (χ1v) is 26.9. The van der Waals surface area contributed by atoms with Crippen LogP contribution in [0.15, 0.2) is 273 Å². The van der Waals surface area contributed by atoms with E-state index in [-0.39, 0.29) is 0 Å². The molecule has 0 saturated heterocycles. The number of para-hydroxylation sites is 4. The van der Waals surface area contributed by atoms with Crippen LogP contribution in [0.4, 0.5) is 51.2 Å². The van der Waals surface area contributed by atoms with Crippen LogP contribution >= 0.6 is 0 Å². The molecule has 0 amide bonds. The second kappa shape index (κ2) is 21.9. The summed E-state index contributed by atoms with van der Waals surface area (Å²) >= 11 is 0. The maximum Gasteiger partial charge on any atom is 0.195 e. The molecule has 0 aliphatic heterocycles. The molecular formula is C74H45N9. The number of fused-ring (bicyclic) bond motifs is 3. The molecule has 9 nitrogen and oxygen atoms in total. The predicted molar refractivity (Wildman–Crippen MR) is 336 cm³/mol. The van der Waals surface area contributed by atoms with Crippen LogP contribution < -0.4 is 9.80 Å². The van der Waals surface area contributed by atoms with E-state index >= 15 is 0 Å². The van der Waals surface area contributed by atoms with Crippen molar-refractivity contribution in [3.8, 4) is 67.9 Å². The average molecular weight is 1060 g/mol. The van der Waals surface area contributed by atoms with Crippen molar-refractivity contribution in [2.24, 2.45) is 0 Å². The van der Waals surface area contributed by atoms with Crippen molar-refractivity contribution in [2.45, 2.75) is 0 Å². The number of nitrogens with zero attached hydrogens (tertiary/aromatic N) is 9. The number of hydrogen-bond acceptors (Lipinski definition) is 5. The molecule has 0 atom stereocenters. The van der Waals surface area contributed by atoms with Gasteiger partial charge in [-0.2, -0.15) is 5.26 Å². The van der Waals surface area contributed by atoms with Crippen LogP contribution in [0.3, 0.4) is 0 Å². The standard InChI is InChI=1S/C74H45N9/c1-76-56-20-16-18-53(42-56)70-48-69(79-74(80-70)54-19-17-21-57(43-54)77-2)52-32-30-50(31-33-52)65-47-71(78-3)66(44-55(65)49-75)51-34-36-62(37-35-51)83-72-40-38-63(81(58-22-8-4-9-23-58)59-24-10-5-11-25-59)45-67(72)68-46-64(39-41-73(68)83)82(60-26-12-6-13-27-60)61-28-14-7-15-29-61/h4-48H. The number of benzene rings is 11. The van der Waals surface area contributed by atoms with Gasteiger partial charge < -0.3 is 14.4 Å². The zero-order valence-corrected chi connectivity index (χ0v) is 44.5. The minimum absolute atomic E-state index is 0.420. The number of anilines is 6. The molecule has 9 heteroatoms. The third-order valence-electron chi connectivity index (χ3n) is 14.8. The summed E-state index contributed by atoms with van der Waals surface area (Å²) in [7, 11) is 0. The van der Waals surface area contributed by atoms with Crippen LogP contribution in [0.25, 0.3) is 98.2 Å². The van der Waals surface area contributed by atoms with Gasteiger partial charge in [0, 0.05) is 61.7 Å². The smallest absolute Gasteiger partial charge is 0.195 e. The molecule has 0 saturated carbocycles. The lowest BCUT2D eigenvalue weighted by molar-refractivity contribution is 1.18. The molecule has 0 spiro atoms. The predicted octanol–water partition coefficient (Wildman–Crippen LogP) is 20.4. The Hall–Kier alpha value is -12.1. The Morgan fingerprint density at radius 1 is 0.361 bits per heavy atom. The van der Waals surface area contributed by atoms with E-state index < -0.39 is 0 Å². The van der Waals surface area contributed by atoms with Gasteiger partial charge >= 0.3 is 0 Å². The summed E-state index contributed by atoms with van der Waals surface area (Å²) in [5, 5.41) is 12.9. The lowest BCUT2D eigenvalue weighted by atomic mass is 9.93. The Morgan fingerprint density at radius 3 is 1.29 bits per heavy atom. The molecule has 11 aromatic carbocycles. The van der Waals surface area contributed by atoms with E-state index in [1.54, 1.807) is 24.3 Å². The first kappa shape index (κ1) is 50.4. The normalized spacial score (nSPS) is 10.8. The highest BCUT2D eigenvalue weighted by atomic mass is 15.1. The van der Waals surface area contributed by atoms with E-state index in [1.165, 1.54) is 0 Å². The van der Waals surface area contributed by atoms with E-state index in [2.05, 4.69) is 181 Å². The molecule has 0 bridgehead atoms. The van der Waals surface area contributed by atoms with Gasteiger partial charge in [0.05, 0.1) is 53.8 Å². The fourth-order valence-corrected chi connectivity index (χ4v) is 10.9. The Morgan fingerprint density at radius 2 is 0.807 bits per heavy atom. The van der Waals surface area contributed by atoms with Crippen molar-refractivity contribution in [3.63, 3.8) is 0 Å². The highest BCUT2D eigenvalue weighted by Gasteiger charge is 2.22. The fraction of sp³-hybridized carbons (Fsp3) is 0. The largest absolute Gasteiger partial charge is 0.310 e. The average Bonchev–Trinajstić information content (AvgIpc) is 2.89. The second-order valence-electron chi connectivity index (χ2n) is 19.8. The molecule has 0 fully saturated rings. The number of aromatic nitrogens is 3. The topological polar surface area (TPSA) is 74.1 Å². The minimum atomic E-state index is 0.420. The first-order chi connectivity index (χ1) is 40.9. The molecule has 0 radical (unpaired) electrons. The van der Waals surface area contributed by atoms with Gasteiger partial charge in [-0.15, -0.1) is 0 Å². The molecule has 2 aromatic heterocycles. The summed E-state index contributed by atoms with van der Waals surface area (Å²) < 4.78 is 2.31. The molecule has 0 aliphatic carbocycles. The SMILES string of the molecule is [C-]#[N+]c1cccc(-c2cc(-c3ccc(-c4cc([N+]#[C-])c(-c5ccc(-n6c7ccc(N(c8ccccc8)c8ccccc8)cc7c7cc(N(c8ccccc8)c8ccccc8)ccc76)cc5)cc4C#N)cc3)nc(-c3cccc([N+]#[C-])c3)n2)c1. The van der Waals surface area contributed by atoms with E-state index in [0.29, 0.717) is 56.5 Å². The Bertz CT molecular complexity index is 4470. The van der Waals surface area contributed by atoms with E-state index in [4.69, 9.17) is 29.7 Å². The van der Waals surface area contributed by atoms with E-state index in [9.17, 15) is 5.26 Å². The summed E-state index contributed by atoms with van der Waals surface area (Å²) in [5.74, 6) is 0.444. The van der Waals surface area contributed by atoms with Crippen molar-refractivity contribution < 1.29 is 0 Å². The van der Waals surface area contributed by atoms with Crippen molar-refractivity contribution in [3.05, 3.63) is 313 Å². The lowest BCUT2D eigenvalue weighted by Crippen LogP contribution is -2.09. The molecule has 2 heterocycles. The van der Waals surface area contributed by atoms with Crippen molar-refractivity contribution in [2.75, 3.05) is 9.80 Å². The van der Waals surface area contributed by atoms with E-state index in [1.807, 2.05) is 103 Å². The van der Waals surface area contributed by atoms with E-state index in [0.717, 1.165) is 83.9 Å². The van der Waals surface area contributed by atoms with Gasteiger partial charge in [0.2, 0.25) is 0 Å². The number of hydrogen-bond donors (Lipinski definition) is 0. The molecular weight excluding hydrogens is 1010 g/mol. The molecule has 0 N–H and O–H groups in total. The third-order valence-corrected chi connectivity index (χ3v) is 14.8. The van der Waals surface area contributed by atoms with Crippen LogP contribution in [-0.4, -0.2) is 14.5 Å².